The topological polar surface area (TPSA) is 107 Å². The first-order valence-electron chi connectivity index (χ1n) is 9.03. The van der Waals surface area contributed by atoms with Gasteiger partial charge < -0.3 is 29.1 Å². The number of phenols is 1. The molecule has 1 atom stereocenters. The quantitative estimate of drug-likeness (QED) is 0.616. The van der Waals surface area contributed by atoms with Crippen LogP contribution in [0.1, 0.15) is 24.1 Å². The normalized spacial score (nSPS) is 13.3. The fourth-order valence-electron chi connectivity index (χ4n) is 3.11. The van der Waals surface area contributed by atoms with Crippen LogP contribution in [0.15, 0.2) is 47.1 Å². The number of furan rings is 1. The second-order valence-corrected chi connectivity index (χ2v) is 6.68. The van der Waals surface area contributed by atoms with Gasteiger partial charge in [0.05, 0.1) is 18.7 Å². The van der Waals surface area contributed by atoms with Crippen LogP contribution in [0.3, 0.4) is 0 Å². The van der Waals surface area contributed by atoms with Crippen LogP contribution in [-0.2, 0) is 20.7 Å². The van der Waals surface area contributed by atoms with Gasteiger partial charge in [-0.1, -0.05) is 6.07 Å². The van der Waals surface area contributed by atoms with E-state index in [2.05, 4.69) is 5.32 Å². The van der Waals surface area contributed by atoms with Gasteiger partial charge in [-0.15, -0.1) is 0 Å². The highest BCUT2D eigenvalue weighted by Gasteiger charge is 2.18. The van der Waals surface area contributed by atoms with Gasteiger partial charge in [0.25, 0.3) is 5.91 Å². The monoisotopic (exact) mass is 397 g/mol. The molecule has 0 radical (unpaired) electrons. The molecule has 2 heterocycles. The van der Waals surface area contributed by atoms with Crippen LogP contribution in [0.4, 0.5) is 0 Å². The third-order valence-electron chi connectivity index (χ3n) is 4.61. The van der Waals surface area contributed by atoms with E-state index in [4.69, 9.17) is 18.6 Å². The summed E-state index contributed by atoms with van der Waals surface area (Å²) in [5, 5.41) is 12.9. The third-order valence-corrected chi connectivity index (χ3v) is 4.61. The third kappa shape index (κ3) is 4.11. The molecule has 0 spiro atoms. The number of esters is 1. The Labute approximate surface area is 166 Å². The Morgan fingerprint density at radius 2 is 2.00 bits per heavy atom. The van der Waals surface area contributed by atoms with Gasteiger partial charge in [-0.2, -0.15) is 0 Å². The Morgan fingerprint density at radius 3 is 2.86 bits per heavy atom. The molecule has 2 aromatic carbocycles. The minimum atomic E-state index is -0.549. The number of hydrogen-bond donors (Lipinski definition) is 2. The zero-order valence-corrected chi connectivity index (χ0v) is 15.6. The predicted octanol–water partition coefficient (Wildman–Crippen LogP) is 2.83. The molecule has 1 aliphatic heterocycles. The van der Waals surface area contributed by atoms with Crippen LogP contribution in [-0.4, -0.2) is 30.4 Å². The van der Waals surface area contributed by atoms with E-state index >= 15 is 0 Å². The molecule has 1 aromatic heterocycles. The van der Waals surface area contributed by atoms with Gasteiger partial charge in [0, 0.05) is 17.0 Å². The Bertz CT molecular complexity index is 1070. The lowest BCUT2D eigenvalue weighted by Crippen LogP contribution is -2.31. The average Bonchev–Trinajstić information content (AvgIpc) is 3.32. The van der Waals surface area contributed by atoms with Gasteiger partial charge in [0.15, 0.2) is 18.1 Å². The summed E-state index contributed by atoms with van der Waals surface area (Å²) in [7, 11) is 0. The first-order chi connectivity index (χ1) is 14.0. The van der Waals surface area contributed by atoms with Crippen molar-refractivity contribution in [2.24, 2.45) is 0 Å². The number of phenolic OH excluding ortho intramolecular Hbond substituents is 1. The molecule has 3 aromatic rings. The van der Waals surface area contributed by atoms with E-state index in [0.29, 0.717) is 28.0 Å². The molecule has 1 aliphatic rings. The second kappa shape index (κ2) is 7.75. The maximum Gasteiger partial charge on any atom is 0.310 e. The largest absolute Gasteiger partial charge is 0.508 e. The number of fused-ring (bicyclic) bond motifs is 2. The van der Waals surface area contributed by atoms with Gasteiger partial charge in [-0.05, 0) is 36.8 Å². The van der Waals surface area contributed by atoms with Crippen molar-refractivity contribution in [3.8, 4) is 17.2 Å². The van der Waals surface area contributed by atoms with E-state index in [1.54, 1.807) is 18.2 Å². The summed E-state index contributed by atoms with van der Waals surface area (Å²) >= 11 is 0. The van der Waals surface area contributed by atoms with Gasteiger partial charge in [-0.25, -0.2) is 0 Å². The van der Waals surface area contributed by atoms with Crippen molar-refractivity contribution < 1.29 is 33.3 Å². The summed E-state index contributed by atoms with van der Waals surface area (Å²) in [5.74, 6) is 0.422. The molecule has 0 saturated heterocycles. The van der Waals surface area contributed by atoms with Crippen LogP contribution in [0.25, 0.3) is 11.0 Å². The van der Waals surface area contributed by atoms with Crippen LogP contribution < -0.4 is 14.8 Å². The Balaban J connectivity index is 1.29. The summed E-state index contributed by atoms with van der Waals surface area (Å²) in [4.78, 5) is 24.2. The number of ether oxygens (including phenoxy) is 3. The van der Waals surface area contributed by atoms with Crippen molar-refractivity contribution in [1.29, 1.82) is 0 Å². The highest BCUT2D eigenvalue weighted by atomic mass is 16.7. The SMILES string of the molecule is C[C@H](NC(=O)COC(=O)Cc1coc2cc(O)ccc12)c1ccc2c(c1)OCO2. The number of carbonyl (C=O) groups is 2. The summed E-state index contributed by atoms with van der Waals surface area (Å²) in [6.45, 7) is 1.62. The molecule has 0 aliphatic carbocycles. The van der Waals surface area contributed by atoms with Crippen molar-refractivity contribution in [1.82, 2.24) is 5.32 Å². The van der Waals surface area contributed by atoms with Crippen molar-refractivity contribution in [2.45, 2.75) is 19.4 Å². The molecule has 0 saturated carbocycles. The Kier molecular flexibility index (Phi) is 4.99. The number of amides is 1. The lowest BCUT2D eigenvalue weighted by molar-refractivity contribution is -0.148. The summed E-state index contributed by atoms with van der Waals surface area (Å²) in [5.41, 5.74) is 1.95. The number of carbonyl (C=O) groups excluding carboxylic acids is 2. The molecule has 1 amide bonds. The van der Waals surface area contributed by atoms with Crippen LogP contribution >= 0.6 is 0 Å². The number of benzene rings is 2. The van der Waals surface area contributed by atoms with Crippen molar-refractivity contribution in [2.75, 3.05) is 13.4 Å². The summed E-state index contributed by atoms with van der Waals surface area (Å²) in [6.07, 6.45) is 1.40. The van der Waals surface area contributed by atoms with E-state index in [9.17, 15) is 14.7 Å². The number of aromatic hydroxyl groups is 1. The van der Waals surface area contributed by atoms with E-state index in [1.165, 1.54) is 18.4 Å². The standard InChI is InChI=1S/C21H19NO7/c1-12(13-2-5-17-19(6-13)29-11-28-17)22-20(24)10-27-21(25)7-14-9-26-18-8-15(23)3-4-16(14)18/h2-6,8-9,12,23H,7,10-11H2,1H3,(H,22,24)/t12-/m0/s1. The molecule has 4 rings (SSSR count). The molecule has 8 nitrogen and oxygen atoms in total. The van der Waals surface area contributed by atoms with Crippen LogP contribution in [0, 0.1) is 0 Å². The highest BCUT2D eigenvalue weighted by molar-refractivity contribution is 5.87. The predicted molar refractivity (Wildman–Crippen MR) is 102 cm³/mol. The molecule has 0 unspecified atom stereocenters. The van der Waals surface area contributed by atoms with E-state index in [-0.39, 0.29) is 31.6 Å². The van der Waals surface area contributed by atoms with Crippen molar-refractivity contribution >= 4 is 22.8 Å². The number of hydrogen-bond acceptors (Lipinski definition) is 7. The Morgan fingerprint density at radius 1 is 1.17 bits per heavy atom. The first kappa shape index (κ1) is 18.7. The van der Waals surface area contributed by atoms with Gasteiger partial charge in [0.2, 0.25) is 6.79 Å². The molecular weight excluding hydrogens is 378 g/mol. The fourth-order valence-corrected chi connectivity index (χ4v) is 3.11. The lowest BCUT2D eigenvalue weighted by Gasteiger charge is -2.15. The minimum Gasteiger partial charge on any atom is -0.508 e. The molecular formula is C21H19NO7. The number of rotatable bonds is 6. The van der Waals surface area contributed by atoms with Crippen molar-refractivity contribution in [3.63, 3.8) is 0 Å². The first-order valence-corrected chi connectivity index (χ1v) is 9.03. The molecule has 2 N–H and O–H groups in total. The van der Waals surface area contributed by atoms with Crippen molar-refractivity contribution in [3.05, 3.63) is 53.8 Å². The Hall–Kier alpha value is -3.68. The van der Waals surface area contributed by atoms with E-state index in [1.807, 2.05) is 13.0 Å². The maximum atomic E-state index is 12.1. The van der Waals surface area contributed by atoms with E-state index in [0.717, 1.165) is 5.56 Å². The van der Waals surface area contributed by atoms with Crippen LogP contribution in [0.5, 0.6) is 17.2 Å². The summed E-state index contributed by atoms with van der Waals surface area (Å²) in [6, 6.07) is 9.78. The maximum absolute atomic E-state index is 12.1. The molecule has 150 valence electrons. The van der Waals surface area contributed by atoms with Gasteiger partial charge in [0.1, 0.15) is 11.3 Å². The molecule has 29 heavy (non-hydrogen) atoms. The van der Waals surface area contributed by atoms with Crippen LogP contribution in [0.2, 0.25) is 0 Å². The minimum absolute atomic E-state index is 0.0389. The number of nitrogens with one attached hydrogen (secondary N) is 1. The average molecular weight is 397 g/mol. The zero-order chi connectivity index (χ0) is 20.4. The second-order valence-electron chi connectivity index (χ2n) is 6.68. The zero-order valence-electron chi connectivity index (χ0n) is 15.6. The lowest BCUT2D eigenvalue weighted by atomic mass is 10.1. The van der Waals surface area contributed by atoms with E-state index < -0.39 is 11.9 Å². The molecule has 0 bridgehead atoms. The smallest absolute Gasteiger partial charge is 0.310 e. The summed E-state index contributed by atoms with van der Waals surface area (Å²) < 4.78 is 21.0. The van der Waals surface area contributed by atoms with Gasteiger partial charge in [-0.3, -0.25) is 9.59 Å². The fraction of sp³-hybridized carbons (Fsp3) is 0.238. The van der Waals surface area contributed by atoms with Gasteiger partial charge >= 0.3 is 5.97 Å². The molecule has 8 heteroatoms. The highest BCUT2D eigenvalue weighted by Crippen LogP contribution is 2.34. The molecule has 0 fully saturated rings.